The molecular formula is C14H13N3O3S2. The zero-order valence-electron chi connectivity index (χ0n) is 12.2. The highest BCUT2D eigenvalue weighted by molar-refractivity contribution is 7.90. The number of thiophene rings is 1. The van der Waals surface area contributed by atoms with Crippen molar-refractivity contribution in [1.82, 2.24) is 15.1 Å². The summed E-state index contributed by atoms with van der Waals surface area (Å²) in [4.78, 5) is 10.1. The molecule has 0 aromatic carbocycles. The molecule has 114 valence electrons. The topological polar surface area (TPSA) is 86.0 Å². The monoisotopic (exact) mass is 335 g/mol. The van der Waals surface area contributed by atoms with E-state index in [1.807, 2.05) is 26.0 Å². The Labute approximate surface area is 131 Å². The van der Waals surface area contributed by atoms with E-state index in [9.17, 15) is 8.42 Å². The smallest absolute Gasteiger partial charge is 0.247 e. The highest BCUT2D eigenvalue weighted by Crippen LogP contribution is 2.34. The Morgan fingerprint density at radius 2 is 2.00 bits per heavy atom. The third-order valence-electron chi connectivity index (χ3n) is 2.97. The Morgan fingerprint density at radius 3 is 2.55 bits per heavy atom. The average molecular weight is 335 g/mol. The summed E-state index contributed by atoms with van der Waals surface area (Å²) in [6.45, 7) is 3.79. The van der Waals surface area contributed by atoms with Crippen LogP contribution in [-0.2, 0) is 9.84 Å². The van der Waals surface area contributed by atoms with Crippen molar-refractivity contribution in [2.24, 2.45) is 0 Å². The van der Waals surface area contributed by atoms with Crippen molar-refractivity contribution in [3.8, 4) is 21.9 Å². The zero-order valence-corrected chi connectivity index (χ0v) is 13.8. The largest absolute Gasteiger partial charge is 0.356 e. The molecule has 8 heteroatoms. The fraction of sp³-hybridized carbons (Fsp3) is 0.214. The van der Waals surface area contributed by atoms with Gasteiger partial charge in [0.15, 0.2) is 5.76 Å². The van der Waals surface area contributed by atoms with Gasteiger partial charge in [-0.3, -0.25) is 0 Å². The Morgan fingerprint density at radius 1 is 1.23 bits per heavy atom. The lowest BCUT2D eigenvalue weighted by Gasteiger charge is -2.05. The summed E-state index contributed by atoms with van der Waals surface area (Å²) in [6, 6.07) is 5.63. The average Bonchev–Trinajstić information content (AvgIpc) is 3.06. The van der Waals surface area contributed by atoms with E-state index < -0.39 is 9.84 Å². The molecule has 0 bridgehead atoms. The van der Waals surface area contributed by atoms with Crippen LogP contribution in [0, 0.1) is 13.8 Å². The normalized spacial score (nSPS) is 11.8. The van der Waals surface area contributed by atoms with Crippen molar-refractivity contribution in [1.29, 1.82) is 0 Å². The summed E-state index contributed by atoms with van der Waals surface area (Å²) in [5.74, 6) is 0.513. The molecular weight excluding hydrogens is 322 g/mol. The minimum atomic E-state index is -3.48. The van der Waals surface area contributed by atoms with E-state index in [1.165, 1.54) is 17.5 Å². The van der Waals surface area contributed by atoms with Gasteiger partial charge in [0, 0.05) is 23.4 Å². The number of aromatic nitrogens is 3. The fourth-order valence-corrected chi connectivity index (χ4v) is 3.34. The molecule has 0 aliphatic rings. The van der Waals surface area contributed by atoms with Crippen LogP contribution in [0.1, 0.15) is 10.6 Å². The van der Waals surface area contributed by atoms with Gasteiger partial charge in [-0.05, 0) is 26.0 Å². The van der Waals surface area contributed by atoms with Gasteiger partial charge in [-0.25, -0.2) is 18.4 Å². The second-order valence-corrected chi connectivity index (χ2v) is 8.13. The summed E-state index contributed by atoms with van der Waals surface area (Å²) < 4.78 is 28.7. The third kappa shape index (κ3) is 2.79. The predicted octanol–water partition coefficient (Wildman–Crippen LogP) is 2.88. The molecule has 0 fully saturated rings. The van der Waals surface area contributed by atoms with E-state index in [4.69, 9.17) is 4.52 Å². The standard InChI is InChI=1S/C14H13N3O3S2/c1-8-6-11(20-17-8)10-7-15-14(22(3,18)19)16-13(10)12-5-4-9(2)21-12/h4-7H,1-3H3. The Bertz CT molecular complexity index is 942. The molecule has 0 atom stereocenters. The second-order valence-electron chi connectivity index (χ2n) is 4.93. The molecule has 0 saturated heterocycles. The lowest BCUT2D eigenvalue weighted by Crippen LogP contribution is -2.05. The maximum absolute atomic E-state index is 11.7. The van der Waals surface area contributed by atoms with Gasteiger partial charge in [0.25, 0.3) is 0 Å². The number of aryl methyl sites for hydroxylation is 2. The summed E-state index contributed by atoms with van der Waals surface area (Å²) in [5, 5.41) is 3.66. The summed E-state index contributed by atoms with van der Waals surface area (Å²) in [5.41, 5.74) is 1.88. The lowest BCUT2D eigenvalue weighted by atomic mass is 10.1. The Balaban J connectivity index is 2.26. The van der Waals surface area contributed by atoms with Gasteiger partial charge in [0.1, 0.15) is 0 Å². The molecule has 6 nitrogen and oxygen atoms in total. The summed E-state index contributed by atoms with van der Waals surface area (Å²) in [6.07, 6.45) is 2.55. The minimum absolute atomic E-state index is 0.200. The Hall–Kier alpha value is -2.06. The van der Waals surface area contributed by atoms with Crippen molar-refractivity contribution < 1.29 is 12.9 Å². The molecule has 0 aliphatic carbocycles. The van der Waals surface area contributed by atoms with Crippen molar-refractivity contribution in [2.75, 3.05) is 6.26 Å². The van der Waals surface area contributed by atoms with Crippen LogP contribution in [0.15, 0.2) is 34.1 Å². The van der Waals surface area contributed by atoms with E-state index in [-0.39, 0.29) is 5.16 Å². The first-order valence-corrected chi connectivity index (χ1v) is 9.13. The maximum Gasteiger partial charge on any atom is 0.247 e. The Kier molecular flexibility index (Phi) is 3.57. The van der Waals surface area contributed by atoms with Gasteiger partial charge >= 0.3 is 0 Å². The molecule has 0 saturated carbocycles. The van der Waals surface area contributed by atoms with E-state index in [2.05, 4.69) is 15.1 Å². The van der Waals surface area contributed by atoms with Crippen LogP contribution in [0.3, 0.4) is 0 Å². The van der Waals surface area contributed by atoms with E-state index >= 15 is 0 Å². The third-order valence-corrected chi connectivity index (χ3v) is 4.83. The molecule has 0 radical (unpaired) electrons. The summed E-state index contributed by atoms with van der Waals surface area (Å²) in [7, 11) is -3.48. The van der Waals surface area contributed by atoms with Crippen molar-refractivity contribution in [2.45, 2.75) is 19.0 Å². The molecule has 3 heterocycles. The number of nitrogens with zero attached hydrogens (tertiary/aromatic N) is 3. The minimum Gasteiger partial charge on any atom is -0.356 e. The van der Waals surface area contributed by atoms with Crippen LogP contribution in [0.2, 0.25) is 0 Å². The maximum atomic E-state index is 11.7. The van der Waals surface area contributed by atoms with Gasteiger partial charge in [-0.2, -0.15) is 0 Å². The van der Waals surface area contributed by atoms with Crippen molar-refractivity contribution in [3.63, 3.8) is 0 Å². The molecule has 3 aromatic rings. The molecule has 0 spiro atoms. The highest BCUT2D eigenvalue weighted by Gasteiger charge is 2.20. The fourth-order valence-electron chi connectivity index (χ4n) is 1.96. The number of hydrogen-bond acceptors (Lipinski definition) is 7. The van der Waals surface area contributed by atoms with Crippen LogP contribution < -0.4 is 0 Å². The second kappa shape index (κ2) is 5.29. The number of sulfone groups is 1. The van der Waals surface area contributed by atoms with Crippen LogP contribution in [0.4, 0.5) is 0 Å². The quantitative estimate of drug-likeness (QED) is 0.684. The van der Waals surface area contributed by atoms with Crippen LogP contribution >= 0.6 is 11.3 Å². The first-order valence-electron chi connectivity index (χ1n) is 6.42. The first-order chi connectivity index (χ1) is 10.3. The van der Waals surface area contributed by atoms with Crippen LogP contribution in [-0.4, -0.2) is 29.8 Å². The lowest BCUT2D eigenvalue weighted by molar-refractivity contribution is 0.427. The van der Waals surface area contributed by atoms with Gasteiger partial charge in [-0.15, -0.1) is 11.3 Å². The van der Waals surface area contributed by atoms with Gasteiger partial charge in [-0.1, -0.05) is 5.16 Å². The molecule has 22 heavy (non-hydrogen) atoms. The van der Waals surface area contributed by atoms with Gasteiger partial charge < -0.3 is 4.52 Å². The van der Waals surface area contributed by atoms with Crippen LogP contribution in [0.5, 0.6) is 0 Å². The first kappa shape index (κ1) is 14.9. The van der Waals surface area contributed by atoms with Crippen LogP contribution in [0.25, 0.3) is 21.9 Å². The molecule has 3 rings (SSSR count). The SMILES string of the molecule is Cc1cc(-c2cnc(S(C)(=O)=O)nc2-c2ccc(C)s2)on1. The number of rotatable bonds is 3. The molecule has 3 aromatic heterocycles. The highest BCUT2D eigenvalue weighted by atomic mass is 32.2. The van der Waals surface area contributed by atoms with Gasteiger partial charge in [0.2, 0.25) is 15.0 Å². The predicted molar refractivity (Wildman–Crippen MR) is 83.4 cm³/mol. The zero-order chi connectivity index (χ0) is 15.9. The van der Waals surface area contributed by atoms with Crippen molar-refractivity contribution in [3.05, 3.63) is 35.0 Å². The van der Waals surface area contributed by atoms with Gasteiger partial charge in [0.05, 0.1) is 21.8 Å². The molecule has 0 aliphatic heterocycles. The summed E-state index contributed by atoms with van der Waals surface area (Å²) >= 11 is 1.53. The van der Waals surface area contributed by atoms with Crippen molar-refractivity contribution >= 4 is 21.2 Å². The molecule has 0 N–H and O–H groups in total. The van der Waals surface area contributed by atoms with E-state index in [0.717, 1.165) is 21.7 Å². The number of hydrogen-bond donors (Lipinski definition) is 0. The molecule has 0 amide bonds. The van der Waals surface area contributed by atoms with E-state index in [1.54, 1.807) is 6.07 Å². The molecule has 0 unspecified atom stereocenters. The van der Waals surface area contributed by atoms with E-state index in [0.29, 0.717) is 17.0 Å².